The molecule has 2 heterocycles. The van der Waals surface area contributed by atoms with Crippen molar-refractivity contribution in [2.75, 3.05) is 18.9 Å². The third kappa shape index (κ3) is 4.42. The van der Waals surface area contributed by atoms with Crippen molar-refractivity contribution in [3.63, 3.8) is 0 Å². The minimum atomic E-state index is 0.0660. The van der Waals surface area contributed by atoms with Gasteiger partial charge in [-0.1, -0.05) is 42.5 Å². The lowest BCUT2D eigenvalue weighted by Gasteiger charge is -2.10. The van der Waals surface area contributed by atoms with Crippen LogP contribution in [0.4, 0.5) is 0 Å². The molecule has 0 saturated carbocycles. The van der Waals surface area contributed by atoms with Crippen molar-refractivity contribution in [2.24, 2.45) is 0 Å². The molecule has 1 amide bonds. The number of aryl methyl sites for hydroxylation is 1. The van der Waals surface area contributed by atoms with E-state index in [-0.39, 0.29) is 12.0 Å². The summed E-state index contributed by atoms with van der Waals surface area (Å²) in [6, 6.07) is 16.9. The monoisotopic (exact) mass is 394 g/mol. The van der Waals surface area contributed by atoms with E-state index < -0.39 is 0 Å². The Bertz CT molecular complexity index is 960. The zero-order valence-electron chi connectivity index (χ0n) is 16.2. The molecule has 0 unspecified atom stereocenters. The number of aromatic nitrogens is 1. The zero-order chi connectivity index (χ0) is 19.3. The number of thioether (sulfide) groups is 1. The van der Waals surface area contributed by atoms with Crippen LogP contribution in [-0.2, 0) is 16.1 Å². The summed E-state index contributed by atoms with van der Waals surface area (Å²) < 4.78 is 7.85. The normalized spacial score (nSPS) is 16.5. The second-order valence-electron chi connectivity index (χ2n) is 7.29. The van der Waals surface area contributed by atoms with Crippen molar-refractivity contribution in [2.45, 2.75) is 37.3 Å². The highest BCUT2D eigenvalue weighted by Crippen LogP contribution is 2.30. The molecule has 2 aromatic carbocycles. The van der Waals surface area contributed by atoms with Gasteiger partial charge in [0.15, 0.2) is 0 Å². The summed E-state index contributed by atoms with van der Waals surface area (Å²) in [5, 5.41) is 4.21. The number of benzene rings is 2. The van der Waals surface area contributed by atoms with E-state index in [1.807, 2.05) is 0 Å². The summed E-state index contributed by atoms with van der Waals surface area (Å²) >= 11 is 1.60. The van der Waals surface area contributed by atoms with Crippen LogP contribution in [0.25, 0.3) is 10.9 Å². The summed E-state index contributed by atoms with van der Waals surface area (Å²) in [4.78, 5) is 13.4. The van der Waals surface area contributed by atoms with Crippen LogP contribution in [0.15, 0.2) is 59.6 Å². The van der Waals surface area contributed by atoms with Crippen LogP contribution in [0, 0.1) is 6.92 Å². The molecule has 0 bridgehead atoms. The molecule has 5 heteroatoms. The average Bonchev–Trinajstić information content (AvgIpc) is 3.35. The number of ether oxygens (including phenoxy) is 1. The summed E-state index contributed by atoms with van der Waals surface area (Å²) in [5.41, 5.74) is 3.81. The predicted molar refractivity (Wildman–Crippen MR) is 115 cm³/mol. The average molecular weight is 395 g/mol. The Labute approximate surface area is 170 Å². The molecule has 1 aromatic heterocycles. The number of hydrogen-bond acceptors (Lipinski definition) is 3. The van der Waals surface area contributed by atoms with E-state index in [0.29, 0.717) is 12.3 Å². The van der Waals surface area contributed by atoms with E-state index in [4.69, 9.17) is 4.74 Å². The number of fused-ring (bicyclic) bond motifs is 1. The standard InChI is InChI=1S/C23H26N2O2S/c1-17-7-2-3-8-18(17)14-25-15-22(20-10-4-5-11-21(20)25)28-16-23(26)24-13-19-9-6-12-27-19/h2-5,7-8,10-11,15,19H,6,9,12-14,16H2,1H3,(H,24,26)/t19-/m0/s1. The van der Waals surface area contributed by atoms with Crippen LogP contribution in [0.3, 0.4) is 0 Å². The van der Waals surface area contributed by atoms with Gasteiger partial charge in [-0.2, -0.15) is 0 Å². The van der Waals surface area contributed by atoms with Gasteiger partial charge in [-0.15, -0.1) is 11.8 Å². The molecule has 1 saturated heterocycles. The molecule has 4 rings (SSSR count). The lowest BCUT2D eigenvalue weighted by Crippen LogP contribution is -2.32. The zero-order valence-corrected chi connectivity index (χ0v) is 17.0. The Morgan fingerprint density at radius 2 is 2.04 bits per heavy atom. The van der Waals surface area contributed by atoms with E-state index in [1.165, 1.54) is 22.0 Å². The van der Waals surface area contributed by atoms with Gasteiger partial charge >= 0.3 is 0 Å². The minimum Gasteiger partial charge on any atom is -0.376 e. The molecule has 0 spiro atoms. The van der Waals surface area contributed by atoms with Crippen LogP contribution in [-0.4, -0.2) is 35.5 Å². The summed E-state index contributed by atoms with van der Waals surface area (Å²) in [7, 11) is 0. The van der Waals surface area contributed by atoms with Crippen molar-refractivity contribution < 1.29 is 9.53 Å². The van der Waals surface area contributed by atoms with Crippen molar-refractivity contribution in [1.82, 2.24) is 9.88 Å². The van der Waals surface area contributed by atoms with E-state index in [0.717, 1.165) is 30.9 Å². The van der Waals surface area contributed by atoms with Gasteiger partial charge in [0.2, 0.25) is 5.91 Å². The number of para-hydroxylation sites is 1. The molecular formula is C23H26N2O2S. The Morgan fingerprint density at radius 1 is 1.21 bits per heavy atom. The summed E-state index contributed by atoms with van der Waals surface area (Å²) in [5.74, 6) is 0.488. The Hall–Kier alpha value is -2.24. The number of carbonyl (C=O) groups is 1. The predicted octanol–water partition coefficient (Wildman–Crippen LogP) is 4.39. The van der Waals surface area contributed by atoms with Gasteiger partial charge in [0.1, 0.15) is 0 Å². The molecule has 1 N–H and O–H groups in total. The fourth-order valence-electron chi connectivity index (χ4n) is 3.66. The van der Waals surface area contributed by atoms with Crippen LogP contribution in [0.1, 0.15) is 24.0 Å². The molecule has 1 atom stereocenters. The molecule has 0 aliphatic carbocycles. The quantitative estimate of drug-likeness (QED) is 0.605. The lowest BCUT2D eigenvalue weighted by molar-refractivity contribution is -0.119. The number of nitrogens with zero attached hydrogens (tertiary/aromatic N) is 1. The van der Waals surface area contributed by atoms with Crippen molar-refractivity contribution in [3.05, 3.63) is 65.9 Å². The van der Waals surface area contributed by atoms with E-state index in [2.05, 4.69) is 71.5 Å². The van der Waals surface area contributed by atoms with Gasteiger partial charge in [0, 0.05) is 41.7 Å². The van der Waals surface area contributed by atoms with E-state index in [1.54, 1.807) is 11.8 Å². The second kappa shape index (κ2) is 8.84. The fraction of sp³-hybridized carbons (Fsp3) is 0.348. The SMILES string of the molecule is Cc1ccccc1Cn1cc(SCC(=O)NC[C@@H]2CCCO2)c2ccccc21. The van der Waals surface area contributed by atoms with Crippen molar-refractivity contribution >= 4 is 28.6 Å². The molecule has 3 aromatic rings. The Morgan fingerprint density at radius 3 is 2.86 bits per heavy atom. The largest absolute Gasteiger partial charge is 0.376 e. The Balaban J connectivity index is 1.45. The van der Waals surface area contributed by atoms with Crippen molar-refractivity contribution in [1.29, 1.82) is 0 Å². The number of rotatable bonds is 7. The Kier molecular flexibility index (Phi) is 6.03. The molecule has 1 fully saturated rings. The number of hydrogen-bond donors (Lipinski definition) is 1. The molecule has 1 aliphatic rings. The lowest BCUT2D eigenvalue weighted by atomic mass is 10.1. The third-order valence-electron chi connectivity index (χ3n) is 5.26. The van der Waals surface area contributed by atoms with Gasteiger partial charge in [-0.25, -0.2) is 0 Å². The molecule has 1 aliphatic heterocycles. The van der Waals surface area contributed by atoms with Gasteiger partial charge < -0.3 is 14.6 Å². The van der Waals surface area contributed by atoms with Crippen LogP contribution in [0.2, 0.25) is 0 Å². The molecule has 146 valence electrons. The van der Waals surface area contributed by atoms with Crippen molar-refractivity contribution in [3.8, 4) is 0 Å². The first-order chi connectivity index (χ1) is 13.7. The number of carbonyl (C=O) groups excluding carboxylic acids is 1. The number of nitrogens with one attached hydrogen (secondary N) is 1. The van der Waals surface area contributed by atoms with Crippen LogP contribution in [0.5, 0.6) is 0 Å². The topological polar surface area (TPSA) is 43.3 Å². The molecular weight excluding hydrogens is 368 g/mol. The van der Waals surface area contributed by atoms with E-state index in [9.17, 15) is 4.79 Å². The summed E-state index contributed by atoms with van der Waals surface area (Å²) in [6.07, 6.45) is 4.50. The summed E-state index contributed by atoms with van der Waals surface area (Å²) in [6.45, 7) is 4.41. The highest BCUT2D eigenvalue weighted by molar-refractivity contribution is 8.00. The second-order valence-corrected chi connectivity index (χ2v) is 8.31. The van der Waals surface area contributed by atoms with Crippen LogP contribution < -0.4 is 5.32 Å². The smallest absolute Gasteiger partial charge is 0.230 e. The van der Waals surface area contributed by atoms with Crippen LogP contribution >= 0.6 is 11.8 Å². The molecule has 4 nitrogen and oxygen atoms in total. The number of amides is 1. The highest BCUT2D eigenvalue weighted by Gasteiger charge is 2.17. The van der Waals surface area contributed by atoms with Gasteiger partial charge in [0.25, 0.3) is 0 Å². The maximum Gasteiger partial charge on any atom is 0.230 e. The maximum absolute atomic E-state index is 12.3. The first-order valence-corrected chi connectivity index (χ1v) is 10.8. The minimum absolute atomic E-state index is 0.0660. The van der Waals surface area contributed by atoms with Gasteiger partial charge in [-0.05, 0) is 37.0 Å². The third-order valence-corrected chi connectivity index (χ3v) is 6.31. The van der Waals surface area contributed by atoms with E-state index >= 15 is 0 Å². The molecule has 28 heavy (non-hydrogen) atoms. The van der Waals surface area contributed by atoms with Gasteiger partial charge in [-0.3, -0.25) is 4.79 Å². The first-order valence-electron chi connectivity index (χ1n) is 9.84. The first kappa shape index (κ1) is 19.1. The van der Waals surface area contributed by atoms with Gasteiger partial charge in [0.05, 0.1) is 11.9 Å². The fourth-order valence-corrected chi connectivity index (χ4v) is 4.58. The molecule has 0 radical (unpaired) electrons. The highest BCUT2D eigenvalue weighted by atomic mass is 32.2. The maximum atomic E-state index is 12.3.